The minimum absolute atomic E-state index is 0.0127. The SMILES string of the molecule is CCCCn1c(C)c(C2=C([O-])C(C3C(C)=[N+](CCCC)c4ccc(C)cc43)C2=O)c2cc(CC)ccc21. The Labute approximate surface area is 221 Å². The smallest absolute Gasteiger partial charge is 0.209 e. The molecule has 2 heterocycles. The number of carbonyl (C=O) groups excluding carboxylic acids is 1. The van der Waals surface area contributed by atoms with Crippen molar-refractivity contribution in [2.75, 3.05) is 6.54 Å². The summed E-state index contributed by atoms with van der Waals surface area (Å²) < 4.78 is 4.66. The van der Waals surface area contributed by atoms with E-state index in [1.54, 1.807) is 0 Å². The van der Waals surface area contributed by atoms with Gasteiger partial charge < -0.3 is 9.67 Å². The van der Waals surface area contributed by atoms with Crippen LogP contribution in [0, 0.1) is 19.8 Å². The fraction of sp³-hybridized carbons (Fsp3) is 0.455. The van der Waals surface area contributed by atoms with E-state index in [4.69, 9.17) is 0 Å². The van der Waals surface area contributed by atoms with Crippen LogP contribution in [0.15, 0.2) is 42.2 Å². The standard InChI is InChI=1S/C33H40N2O2/c1-7-10-16-34-21(5)28(24-18-20(4)12-14-26(24)34)30-32(36)31(33(30)37)29-22(6)35(17-11-8-2)27-15-13-23(9-3)19-25(27)29/h12-15,18-19,28,30H,7-11,16-17H2,1-6H3. The number of Topliss-reactive ketones (excluding diaryl/α,β-unsaturated/α-hetero) is 1. The average Bonchev–Trinajstić information content (AvgIpc) is 3.31. The second-order valence-corrected chi connectivity index (χ2v) is 10.9. The predicted octanol–water partition coefficient (Wildman–Crippen LogP) is 6.59. The molecule has 0 spiro atoms. The van der Waals surface area contributed by atoms with E-state index in [9.17, 15) is 9.90 Å². The molecule has 1 aliphatic carbocycles. The summed E-state index contributed by atoms with van der Waals surface area (Å²) in [6, 6.07) is 13.0. The van der Waals surface area contributed by atoms with Crippen LogP contribution in [0.25, 0.3) is 16.5 Å². The molecule has 0 fully saturated rings. The molecule has 0 amide bonds. The zero-order chi connectivity index (χ0) is 26.4. The molecule has 37 heavy (non-hydrogen) atoms. The third-order valence-electron chi connectivity index (χ3n) is 8.59. The molecule has 0 saturated carbocycles. The molecule has 4 nitrogen and oxygen atoms in total. The number of aromatic nitrogens is 1. The Bertz CT molecular complexity index is 1450. The van der Waals surface area contributed by atoms with Gasteiger partial charge in [0, 0.05) is 59.3 Å². The highest BCUT2D eigenvalue weighted by molar-refractivity contribution is 6.33. The highest BCUT2D eigenvalue weighted by Gasteiger charge is 2.49. The molecule has 4 heteroatoms. The summed E-state index contributed by atoms with van der Waals surface area (Å²) in [6.07, 6.45) is 5.28. The Morgan fingerprint density at radius 2 is 1.70 bits per heavy atom. The van der Waals surface area contributed by atoms with Gasteiger partial charge in [0.05, 0.1) is 11.8 Å². The van der Waals surface area contributed by atoms with Crippen molar-refractivity contribution < 1.29 is 14.5 Å². The Morgan fingerprint density at radius 1 is 0.946 bits per heavy atom. The average molecular weight is 497 g/mol. The number of fused-ring (bicyclic) bond motifs is 2. The number of unbranched alkanes of at least 4 members (excludes halogenated alkanes) is 2. The van der Waals surface area contributed by atoms with Crippen LogP contribution in [0.4, 0.5) is 5.69 Å². The summed E-state index contributed by atoms with van der Waals surface area (Å²) in [7, 11) is 0. The van der Waals surface area contributed by atoms with Gasteiger partial charge in [-0.25, -0.2) is 0 Å². The number of hydrogen-bond acceptors (Lipinski definition) is 2. The summed E-state index contributed by atoms with van der Waals surface area (Å²) in [5, 5.41) is 15.0. The highest BCUT2D eigenvalue weighted by atomic mass is 16.3. The van der Waals surface area contributed by atoms with Crippen molar-refractivity contribution in [3.05, 3.63) is 70.1 Å². The maximum Gasteiger partial charge on any atom is 0.209 e. The van der Waals surface area contributed by atoms with E-state index >= 15 is 0 Å². The Balaban J connectivity index is 1.64. The zero-order valence-corrected chi connectivity index (χ0v) is 23.3. The number of nitrogens with zero attached hydrogens (tertiary/aromatic N) is 2. The van der Waals surface area contributed by atoms with Crippen LogP contribution >= 0.6 is 0 Å². The normalized spacial score (nSPS) is 19.2. The lowest BCUT2D eigenvalue weighted by Crippen LogP contribution is -2.42. The van der Waals surface area contributed by atoms with Gasteiger partial charge in [0.1, 0.15) is 6.54 Å². The van der Waals surface area contributed by atoms with Gasteiger partial charge in [-0.05, 0) is 50.5 Å². The van der Waals surface area contributed by atoms with E-state index in [1.807, 2.05) is 0 Å². The molecule has 0 saturated heterocycles. The lowest BCUT2D eigenvalue weighted by atomic mass is 9.68. The number of benzene rings is 2. The van der Waals surface area contributed by atoms with E-state index in [0.29, 0.717) is 5.57 Å². The highest BCUT2D eigenvalue weighted by Crippen LogP contribution is 2.50. The van der Waals surface area contributed by atoms with Crippen LogP contribution in [-0.4, -0.2) is 27.2 Å². The van der Waals surface area contributed by atoms with E-state index in [0.717, 1.165) is 84.3 Å². The first kappa shape index (κ1) is 25.5. The van der Waals surface area contributed by atoms with Gasteiger partial charge in [0.2, 0.25) is 5.69 Å². The third kappa shape index (κ3) is 3.96. The van der Waals surface area contributed by atoms with E-state index in [2.05, 4.69) is 87.1 Å². The molecule has 5 rings (SSSR count). The molecule has 1 aliphatic heterocycles. The number of aryl methyl sites for hydroxylation is 3. The van der Waals surface area contributed by atoms with Crippen LogP contribution in [0.3, 0.4) is 0 Å². The van der Waals surface area contributed by atoms with Gasteiger partial charge >= 0.3 is 0 Å². The summed E-state index contributed by atoms with van der Waals surface area (Å²) >= 11 is 0. The fourth-order valence-corrected chi connectivity index (χ4v) is 6.48. The number of ketones is 1. The first-order chi connectivity index (χ1) is 17.8. The lowest BCUT2D eigenvalue weighted by Gasteiger charge is -2.39. The van der Waals surface area contributed by atoms with Crippen LogP contribution in [0.2, 0.25) is 0 Å². The van der Waals surface area contributed by atoms with Crippen LogP contribution in [0.5, 0.6) is 0 Å². The molecule has 0 bridgehead atoms. The maximum atomic E-state index is 14.0. The van der Waals surface area contributed by atoms with Gasteiger partial charge in [-0.2, -0.15) is 4.58 Å². The van der Waals surface area contributed by atoms with Crippen molar-refractivity contribution in [2.45, 2.75) is 86.1 Å². The first-order valence-electron chi connectivity index (χ1n) is 14.1. The quantitative estimate of drug-likeness (QED) is 0.314. The molecule has 3 aromatic rings. The molecule has 1 aromatic heterocycles. The second-order valence-electron chi connectivity index (χ2n) is 10.9. The summed E-state index contributed by atoms with van der Waals surface area (Å²) in [5.41, 5.74) is 9.29. The number of rotatable bonds is 9. The Hall–Kier alpha value is -3.14. The van der Waals surface area contributed by atoms with Gasteiger partial charge in [0.25, 0.3) is 0 Å². The molecule has 2 aliphatic rings. The van der Waals surface area contributed by atoms with Crippen LogP contribution in [-0.2, 0) is 17.8 Å². The second kappa shape index (κ2) is 9.96. The van der Waals surface area contributed by atoms with Crippen molar-refractivity contribution in [3.8, 4) is 0 Å². The topological polar surface area (TPSA) is 48.1 Å². The zero-order valence-electron chi connectivity index (χ0n) is 23.3. The molecular formula is C33H40N2O2. The number of allylic oxidation sites excluding steroid dienone is 2. The molecule has 2 atom stereocenters. The van der Waals surface area contributed by atoms with E-state index in [1.165, 1.54) is 11.1 Å². The summed E-state index contributed by atoms with van der Waals surface area (Å²) in [4.78, 5) is 14.0. The van der Waals surface area contributed by atoms with Crippen LogP contribution in [0.1, 0.15) is 87.2 Å². The first-order valence-corrected chi connectivity index (χ1v) is 14.1. The van der Waals surface area contributed by atoms with Crippen molar-refractivity contribution >= 4 is 33.7 Å². The largest absolute Gasteiger partial charge is 0.874 e. The van der Waals surface area contributed by atoms with Crippen LogP contribution < -0.4 is 5.11 Å². The Morgan fingerprint density at radius 3 is 2.38 bits per heavy atom. The molecule has 194 valence electrons. The molecular weight excluding hydrogens is 456 g/mol. The number of hydrogen-bond donors (Lipinski definition) is 0. The monoisotopic (exact) mass is 496 g/mol. The van der Waals surface area contributed by atoms with Crippen molar-refractivity contribution in [3.63, 3.8) is 0 Å². The maximum absolute atomic E-state index is 14.0. The predicted molar refractivity (Wildman–Crippen MR) is 151 cm³/mol. The minimum Gasteiger partial charge on any atom is -0.874 e. The van der Waals surface area contributed by atoms with E-state index in [-0.39, 0.29) is 17.5 Å². The Kier molecular flexibility index (Phi) is 6.87. The molecule has 0 N–H and O–H groups in total. The van der Waals surface area contributed by atoms with Crippen molar-refractivity contribution in [2.24, 2.45) is 5.92 Å². The van der Waals surface area contributed by atoms with Gasteiger partial charge in [0.15, 0.2) is 11.5 Å². The van der Waals surface area contributed by atoms with Gasteiger partial charge in [-0.3, -0.25) is 4.79 Å². The van der Waals surface area contributed by atoms with Gasteiger partial charge in [-0.15, -0.1) is 5.76 Å². The fourth-order valence-electron chi connectivity index (χ4n) is 6.48. The van der Waals surface area contributed by atoms with Crippen molar-refractivity contribution in [1.82, 2.24) is 4.57 Å². The third-order valence-corrected chi connectivity index (χ3v) is 8.59. The number of carbonyl (C=O) groups is 1. The molecule has 0 radical (unpaired) electrons. The van der Waals surface area contributed by atoms with Gasteiger partial charge in [-0.1, -0.05) is 51.3 Å². The molecule has 2 aromatic carbocycles. The molecule has 2 unspecified atom stereocenters. The van der Waals surface area contributed by atoms with E-state index < -0.39 is 5.92 Å². The summed E-state index contributed by atoms with van der Waals surface area (Å²) in [5.74, 6) is -0.766. The minimum atomic E-state index is -0.620. The van der Waals surface area contributed by atoms with Crippen molar-refractivity contribution in [1.29, 1.82) is 0 Å². The summed E-state index contributed by atoms with van der Waals surface area (Å²) in [6.45, 7) is 14.6. The lowest BCUT2D eigenvalue weighted by molar-refractivity contribution is -0.439.